The highest BCUT2D eigenvalue weighted by molar-refractivity contribution is 5.81. The van der Waals surface area contributed by atoms with Crippen LogP contribution in [0.15, 0.2) is 30.3 Å². The van der Waals surface area contributed by atoms with Gasteiger partial charge in [0, 0.05) is 18.5 Å². The number of nitrogens with one attached hydrogen (secondary N) is 2. The highest BCUT2D eigenvalue weighted by Gasteiger charge is 2.28. The maximum Gasteiger partial charge on any atom is 0.0937 e. The number of benzene rings is 1. The van der Waals surface area contributed by atoms with Gasteiger partial charge in [0.15, 0.2) is 0 Å². The van der Waals surface area contributed by atoms with Gasteiger partial charge in [0.2, 0.25) is 0 Å². The summed E-state index contributed by atoms with van der Waals surface area (Å²) in [6.45, 7) is 2.18. The molecular weight excluding hydrogens is 198 g/mol. The topological polar surface area (TPSA) is 61.9 Å². The van der Waals surface area contributed by atoms with Crippen molar-refractivity contribution in [3.8, 4) is 0 Å². The zero-order valence-corrected chi connectivity index (χ0v) is 9.61. The minimum atomic E-state index is 0.0621. The molecule has 0 amide bonds. The molecule has 86 valence electrons. The lowest BCUT2D eigenvalue weighted by Gasteiger charge is -2.20. The van der Waals surface area contributed by atoms with Gasteiger partial charge in [-0.15, -0.1) is 0 Å². The molecule has 1 heterocycles. The van der Waals surface area contributed by atoms with Crippen molar-refractivity contribution in [3.05, 3.63) is 35.9 Å². The first kappa shape index (κ1) is 11.1. The van der Waals surface area contributed by atoms with E-state index >= 15 is 0 Å². The van der Waals surface area contributed by atoms with Crippen LogP contribution in [0.5, 0.6) is 0 Å². The minimum Gasteiger partial charge on any atom is -0.371 e. The van der Waals surface area contributed by atoms with E-state index in [1.165, 1.54) is 5.56 Å². The number of hydrogen-bond donors (Lipinski definition) is 3. The van der Waals surface area contributed by atoms with Gasteiger partial charge in [0.25, 0.3) is 0 Å². The Morgan fingerprint density at radius 1 is 1.44 bits per heavy atom. The standard InChI is InChI=1S/C13H19N3/c1-9-7-13(15)16-12(9)8-11(14)10-5-3-2-4-6-10/h2-6,9,11-12H,7-8,14H2,1H3,(H2,15,16)/t9-,11?,12-/m1/s1. The van der Waals surface area contributed by atoms with E-state index in [2.05, 4.69) is 24.4 Å². The molecular formula is C13H19N3. The van der Waals surface area contributed by atoms with Crippen LogP contribution in [0.2, 0.25) is 0 Å². The minimum absolute atomic E-state index is 0.0621. The molecule has 0 radical (unpaired) electrons. The third kappa shape index (κ3) is 2.42. The molecule has 3 heteroatoms. The average Bonchev–Trinajstić information content (AvgIpc) is 2.59. The van der Waals surface area contributed by atoms with E-state index in [1.807, 2.05) is 18.2 Å². The Balaban J connectivity index is 1.98. The van der Waals surface area contributed by atoms with Gasteiger partial charge in [-0.1, -0.05) is 37.3 Å². The summed E-state index contributed by atoms with van der Waals surface area (Å²) in [4.78, 5) is 0. The van der Waals surface area contributed by atoms with Crippen LogP contribution in [-0.2, 0) is 0 Å². The molecule has 0 aromatic heterocycles. The highest BCUT2D eigenvalue weighted by atomic mass is 15.0. The largest absolute Gasteiger partial charge is 0.371 e. The van der Waals surface area contributed by atoms with Crippen molar-refractivity contribution in [2.75, 3.05) is 0 Å². The van der Waals surface area contributed by atoms with Crippen molar-refractivity contribution in [3.63, 3.8) is 0 Å². The molecule has 0 aliphatic carbocycles. The van der Waals surface area contributed by atoms with Crippen LogP contribution in [0.1, 0.15) is 31.4 Å². The van der Waals surface area contributed by atoms with Gasteiger partial charge in [-0.2, -0.15) is 0 Å². The van der Waals surface area contributed by atoms with Gasteiger partial charge in [0.1, 0.15) is 0 Å². The van der Waals surface area contributed by atoms with Crippen LogP contribution >= 0.6 is 0 Å². The first-order chi connectivity index (χ1) is 7.66. The zero-order chi connectivity index (χ0) is 11.5. The fourth-order valence-electron chi connectivity index (χ4n) is 2.29. The van der Waals surface area contributed by atoms with Gasteiger partial charge in [-0.3, -0.25) is 5.41 Å². The van der Waals surface area contributed by atoms with Crippen molar-refractivity contribution in [1.82, 2.24) is 5.32 Å². The van der Waals surface area contributed by atoms with Crippen molar-refractivity contribution in [2.24, 2.45) is 11.7 Å². The van der Waals surface area contributed by atoms with Crippen molar-refractivity contribution in [2.45, 2.75) is 31.8 Å². The second-order valence-corrected chi connectivity index (χ2v) is 4.66. The summed E-state index contributed by atoms with van der Waals surface area (Å²) in [5.74, 6) is 1.17. The molecule has 1 aliphatic rings. The fraction of sp³-hybridized carbons (Fsp3) is 0.462. The summed E-state index contributed by atoms with van der Waals surface area (Å²) < 4.78 is 0. The van der Waals surface area contributed by atoms with Crippen LogP contribution in [0.4, 0.5) is 0 Å². The van der Waals surface area contributed by atoms with Crippen LogP contribution in [0.3, 0.4) is 0 Å². The first-order valence-corrected chi connectivity index (χ1v) is 5.81. The quantitative estimate of drug-likeness (QED) is 0.725. The third-order valence-corrected chi connectivity index (χ3v) is 3.31. The summed E-state index contributed by atoms with van der Waals surface area (Å²) in [5.41, 5.74) is 7.35. The Morgan fingerprint density at radius 3 is 2.69 bits per heavy atom. The smallest absolute Gasteiger partial charge is 0.0937 e. The Morgan fingerprint density at radius 2 is 2.12 bits per heavy atom. The Hall–Kier alpha value is -1.35. The van der Waals surface area contributed by atoms with E-state index in [1.54, 1.807) is 0 Å². The number of rotatable bonds is 3. The van der Waals surface area contributed by atoms with Crippen molar-refractivity contribution in [1.29, 1.82) is 5.41 Å². The number of amidine groups is 1. The lowest BCUT2D eigenvalue weighted by Crippen LogP contribution is -2.31. The summed E-state index contributed by atoms with van der Waals surface area (Å²) in [6, 6.07) is 10.6. The summed E-state index contributed by atoms with van der Waals surface area (Å²) >= 11 is 0. The predicted molar refractivity (Wildman–Crippen MR) is 66.4 cm³/mol. The summed E-state index contributed by atoms with van der Waals surface area (Å²) in [7, 11) is 0. The van der Waals surface area contributed by atoms with Gasteiger partial charge >= 0.3 is 0 Å². The molecule has 4 N–H and O–H groups in total. The van der Waals surface area contributed by atoms with Crippen LogP contribution in [0, 0.1) is 11.3 Å². The molecule has 1 aromatic rings. The van der Waals surface area contributed by atoms with Gasteiger partial charge in [-0.25, -0.2) is 0 Å². The Bertz CT molecular complexity index is 361. The van der Waals surface area contributed by atoms with E-state index in [4.69, 9.17) is 11.1 Å². The third-order valence-electron chi connectivity index (χ3n) is 3.31. The molecule has 2 rings (SSSR count). The summed E-state index contributed by atoms with van der Waals surface area (Å²) in [5, 5.41) is 10.8. The van der Waals surface area contributed by atoms with Gasteiger partial charge < -0.3 is 11.1 Å². The van der Waals surface area contributed by atoms with Crippen molar-refractivity contribution < 1.29 is 0 Å². The molecule has 1 fully saturated rings. The predicted octanol–water partition coefficient (Wildman–Crippen LogP) is 2.05. The molecule has 3 nitrogen and oxygen atoms in total. The maximum absolute atomic E-state index is 7.61. The van der Waals surface area contributed by atoms with Crippen LogP contribution < -0.4 is 11.1 Å². The molecule has 1 unspecified atom stereocenters. The highest BCUT2D eigenvalue weighted by Crippen LogP contribution is 2.24. The van der Waals surface area contributed by atoms with Gasteiger partial charge in [0.05, 0.1) is 5.84 Å². The molecule has 1 aliphatic heterocycles. The molecule has 3 atom stereocenters. The Labute approximate surface area is 96.6 Å². The molecule has 16 heavy (non-hydrogen) atoms. The second kappa shape index (κ2) is 4.66. The Kier molecular flexibility index (Phi) is 3.25. The van der Waals surface area contributed by atoms with E-state index in [0.29, 0.717) is 17.8 Å². The fourth-order valence-corrected chi connectivity index (χ4v) is 2.29. The lowest BCUT2D eigenvalue weighted by atomic mass is 9.93. The van der Waals surface area contributed by atoms with E-state index in [-0.39, 0.29) is 6.04 Å². The normalized spacial score (nSPS) is 26.5. The van der Waals surface area contributed by atoms with E-state index in [0.717, 1.165) is 12.8 Å². The SMILES string of the molecule is C[C@@H]1CC(=N)N[C@@H]1CC(N)c1ccccc1. The molecule has 0 saturated carbocycles. The van der Waals surface area contributed by atoms with E-state index < -0.39 is 0 Å². The monoisotopic (exact) mass is 217 g/mol. The van der Waals surface area contributed by atoms with Crippen molar-refractivity contribution >= 4 is 5.84 Å². The molecule has 0 bridgehead atoms. The second-order valence-electron chi connectivity index (χ2n) is 4.66. The number of nitrogens with two attached hydrogens (primary N) is 1. The van der Waals surface area contributed by atoms with E-state index in [9.17, 15) is 0 Å². The maximum atomic E-state index is 7.61. The zero-order valence-electron chi connectivity index (χ0n) is 9.61. The number of hydrogen-bond acceptors (Lipinski definition) is 2. The average molecular weight is 217 g/mol. The lowest BCUT2D eigenvalue weighted by molar-refractivity contribution is 0.421. The summed E-state index contributed by atoms with van der Waals surface area (Å²) in [6.07, 6.45) is 1.75. The van der Waals surface area contributed by atoms with Crippen LogP contribution in [-0.4, -0.2) is 11.9 Å². The molecule has 0 spiro atoms. The van der Waals surface area contributed by atoms with Crippen LogP contribution in [0.25, 0.3) is 0 Å². The molecule has 1 saturated heterocycles. The first-order valence-electron chi connectivity index (χ1n) is 5.81. The molecule has 1 aromatic carbocycles. The van der Waals surface area contributed by atoms with Gasteiger partial charge in [-0.05, 0) is 17.9 Å².